The highest BCUT2D eigenvalue weighted by molar-refractivity contribution is 6.09. The first-order valence-electron chi connectivity index (χ1n) is 30.1. The maximum Gasteiger partial charge on any atom is 0.414 e. The average Bonchev–Trinajstić information content (AvgIpc) is 0.668. The molecule has 2 aliphatic heterocycles. The number of carboxylic acid groups (broad SMARTS) is 1. The third-order valence-corrected chi connectivity index (χ3v) is 18.2. The van der Waals surface area contributed by atoms with Gasteiger partial charge >= 0.3 is 35.9 Å². The lowest BCUT2D eigenvalue weighted by Gasteiger charge is -2.67. The van der Waals surface area contributed by atoms with E-state index in [0.29, 0.717) is 0 Å². The lowest BCUT2D eigenvalue weighted by Crippen LogP contribution is -2.82. The SMILES string of the molecule is CC(=O)O[C@H]1C(=O)[C@@]2(C)C([C@H](OC(=O)c3ccccc3)[C@]3(O)C[C@H](OC(=O)NC(=O)c4ccccc4)C(C)=C1C3(C)C)[C@]1(OC(C)=O)CO[C@@H]1C[C@@H]2OC(=O)CCNC(=O)c1ccc(-c2c3cc(F)c(=O)cc-3oc3cc(O)c(F)cc23)c(C(=O)O)c1.O/C=C/c1ccccc1. The van der Waals surface area contributed by atoms with Gasteiger partial charge in [-0.3, -0.25) is 38.9 Å². The Bertz CT molecular complexity index is 4380. The summed E-state index contributed by atoms with van der Waals surface area (Å²) in [4.78, 5) is 138. The Hall–Kier alpha value is -10.9. The average molecular weight is 1320 g/mol. The highest BCUT2D eigenvalue weighted by atomic mass is 19.1. The number of hydrogen-bond acceptors (Lipinski definition) is 20. The monoisotopic (exact) mass is 1320 g/mol. The number of carboxylic acids is 1. The number of rotatable bonds is 14. The first-order valence-corrected chi connectivity index (χ1v) is 30.1. The molecule has 0 aromatic heterocycles. The van der Waals surface area contributed by atoms with Crippen LogP contribution in [0.1, 0.15) is 108 Å². The molecule has 4 aliphatic carbocycles. The second-order valence-corrected chi connectivity index (χ2v) is 24.3. The summed E-state index contributed by atoms with van der Waals surface area (Å²) in [7, 11) is 0. The number of aromatic hydroxyl groups is 1. The van der Waals surface area contributed by atoms with Gasteiger partial charge in [-0.05, 0) is 90.7 Å². The van der Waals surface area contributed by atoms with Crippen molar-refractivity contribution in [2.75, 3.05) is 13.2 Å². The first kappa shape index (κ1) is 68.0. The predicted octanol–water partition coefficient (Wildman–Crippen LogP) is 9.37. The van der Waals surface area contributed by atoms with Crippen LogP contribution in [-0.4, -0.2) is 129 Å². The van der Waals surface area contributed by atoms with E-state index in [9.17, 15) is 67.3 Å². The number of phenols is 1. The van der Waals surface area contributed by atoms with Gasteiger partial charge in [0.25, 0.3) is 11.8 Å². The van der Waals surface area contributed by atoms with E-state index in [-0.39, 0.29) is 61.3 Å². The number of aliphatic hydroxyl groups excluding tert-OH is 1. The number of ketones is 1. The van der Waals surface area contributed by atoms with Crippen LogP contribution in [0.25, 0.3) is 39.5 Å². The highest BCUT2D eigenvalue weighted by Gasteiger charge is 2.79. The molecule has 3 amide bonds. The van der Waals surface area contributed by atoms with Crippen molar-refractivity contribution in [3.63, 3.8) is 0 Å². The first-order chi connectivity index (χ1) is 45.5. The molecule has 96 heavy (non-hydrogen) atoms. The van der Waals surface area contributed by atoms with E-state index in [1.807, 2.05) is 30.3 Å². The lowest BCUT2D eigenvalue weighted by molar-refractivity contribution is -0.346. The van der Waals surface area contributed by atoms with Crippen LogP contribution >= 0.6 is 0 Å². The molecule has 2 heterocycles. The van der Waals surface area contributed by atoms with E-state index in [4.69, 9.17) is 37.9 Å². The zero-order valence-corrected chi connectivity index (χ0v) is 52.3. The third-order valence-electron chi connectivity index (χ3n) is 18.2. The van der Waals surface area contributed by atoms with Crippen LogP contribution in [0.5, 0.6) is 5.75 Å². The van der Waals surface area contributed by atoms with Crippen molar-refractivity contribution in [2.45, 2.75) is 103 Å². The number of aromatic carboxylic acids is 1. The summed E-state index contributed by atoms with van der Waals surface area (Å²) in [5, 5.41) is 47.4. The van der Waals surface area contributed by atoms with Gasteiger partial charge < -0.3 is 58.6 Å². The van der Waals surface area contributed by atoms with Crippen molar-refractivity contribution in [1.82, 2.24) is 10.6 Å². The summed E-state index contributed by atoms with van der Waals surface area (Å²) < 4.78 is 72.3. The highest BCUT2D eigenvalue weighted by Crippen LogP contribution is 2.65. The number of Topliss-reactive ketones (excluding diaryl/α,β-unsaturated/α-hetero) is 1. The maximum absolute atomic E-state index is 16.3. The van der Waals surface area contributed by atoms with Gasteiger partial charge in [0.1, 0.15) is 41.4 Å². The number of phenolic OH excluding ortho intramolecular Hbond substituents is 1. The molecule has 25 heteroatoms. The number of amides is 3. The summed E-state index contributed by atoms with van der Waals surface area (Å²) in [6, 6.07) is 31.4. The molecule has 6 N–H and O–H groups in total. The van der Waals surface area contributed by atoms with Crippen LogP contribution in [0.3, 0.4) is 0 Å². The number of fused-ring (bicyclic) bond motifs is 7. The van der Waals surface area contributed by atoms with Gasteiger partial charge in [-0.25, -0.2) is 23.2 Å². The number of hydrogen-bond donors (Lipinski definition) is 6. The molecule has 2 bridgehead atoms. The zero-order valence-electron chi connectivity index (χ0n) is 52.3. The van der Waals surface area contributed by atoms with Gasteiger partial charge in [0, 0.05) is 78.4 Å². The molecule has 5 aromatic carbocycles. The molecule has 0 spiro atoms. The maximum atomic E-state index is 16.3. The number of benzene rings is 6. The standard InChI is InChI=1S/C63H56F2N2O20.C8H8O/c1-29-45(84-59(79)67-56(75)32-13-9-7-10-14-32)27-63(80)54(86-58(78)33-15-11-8-12-16-33)52-61(6,53(73)51(82-30(2)68)50(29)60(63,4)5)46(26-47-62(52,28-81-47)87-31(3)69)85-48(72)19-20-66-55(74)34-17-18-35(36(21-34)57(76)77)49-37-22-39(64)41(70)24-43(37)83-44-25-42(71)40(65)23-38(44)49;9-7-6-8-4-2-1-3-5-8/h7-18,21-25,45-47,51-52,54,70,80H,19-20,26-28H2,1-6H3,(H,66,74)(H,76,77)(H,67,75,79);1-7,9H/b;7-6+/t45-,46-,47+,51+,52?,54-,61+,62-,63+;/m0./s1. The normalized spacial score (nSPS) is 23.8. The second-order valence-electron chi connectivity index (χ2n) is 24.3. The van der Waals surface area contributed by atoms with Gasteiger partial charge in [0.2, 0.25) is 5.43 Å². The van der Waals surface area contributed by atoms with Crippen molar-refractivity contribution in [3.05, 3.63) is 201 Å². The van der Waals surface area contributed by atoms with Crippen LogP contribution < -0.4 is 16.1 Å². The summed E-state index contributed by atoms with van der Waals surface area (Å²) in [5.41, 5.74) is -10.2. The minimum atomic E-state index is -2.55. The molecule has 0 radical (unpaired) electrons. The Balaban J connectivity index is 0.00000103. The van der Waals surface area contributed by atoms with E-state index in [2.05, 4.69) is 10.6 Å². The fourth-order valence-corrected chi connectivity index (χ4v) is 13.6. The van der Waals surface area contributed by atoms with Crippen LogP contribution in [0.15, 0.2) is 160 Å². The molecule has 6 aliphatic rings. The quantitative estimate of drug-likeness (QED) is 0.0194. The molecule has 1 saturated heterocycles. The summed E-state index contributed by atoms with van der Waals surface area (Å²) >= 11 is 0. The van der Waals surface area contributed by atoms with Gasteiger partial charge in [0.05, 0.1) is 41.7 Å². The van der Waals surface area contributed by atoms with Crippen LogP contribution in [-0.2, 0) is 47.6 Å². The number of halogens is 2. The summed E-state index contributed by atoms with van der Waals surface area (Å²) in [5.74, 6) is -13.7. The van der Waals surface area contributed by atoms with Gasteiger partial charge in [-0.2, -0.15) is 0 Å². The Morgan fingerprint density at radius 3 is 2.01 bits per heavy atom. The Morgan fingerprint density at radius 2 is 1.40 bits per heavy atom. The Morgan fingerprint density at radius 1 is 0.740 bits per heavy atom. The molecule has 3 fully saturated rings. The van der Waals surface area contributed by atoms with Crippen molar-refractivity contribution in [1.29, 1.82) is 0 Å². The molecular weight excluding hydrogens is 1250 g/mol. The number of nitrogens with one attached hydrogen (secondary N) is 2. The minimum absolute atomic E-state index is 0.0371. The second kappa shape index (κ2) is 26.8. The van der Waals surface area contributed by atoms with Gasteiger partial charge in [0.15, 0.2) is 34.9 Å². The van der Waals surface area contributed by atoms with Crippen LogP contribution in [0.4, 0.5) is 13.6 Å². The van der Waals surface area contributed by atoms with Crippen molar-refractivity contribution < 1.29 is 105 Å². The fraction of sp³-hybridized carbons (Fsp3) is 0.296. The Kier molecular flexibility index (Phi) is 19.0. The van der Waals surface area contributed by atoms with Gasteiger partial charge in [-0.1, -0.05) is 86.6 Å². The molecule has 498 valence electrons. The Labute approximate surface area is 545 Å². The van der Waals surface area contributed by atoms with E-state index in [1.165, 1.54) is 76.2 Å². The van der Waals surface area contributed by atoms with E-state index in [1.54, 1.807) is 30.3 Å². The zero-order chi connectivity index (χ0) is 69.3. The molecule has 23 nitrogen and oxygen atoms in total. The number of aliphatic hydroxyl groups is 2. The van der Waals surface area contributed by atoms with Crippen molar-refractivity contribution in [3.8, 4) is 28.2 Å². The smallest absolute Gasteiger partial charge is 0.414 e. The molecule has 5 aromatic rings. The number of carbonyl (C=O) groups excluding carboxylic acids is 8. The number of esters is 4. The molecule has 11 rings (SSSR count). The van der Waals surface area contributed by atoms with E-state index in [0.717, 1.165) is 56.0 Å². The molecule has 1 unspecified atom stereocenters. The number of alkyl carbamates (subject to hydrolysis) is 1. The van der Waals surface area contributed by atoms with Crippen LogP contribution in [0, 0.1) is 28.4 Å². The van der Waals surface area contributed by atoms with Crippen LogP contribution in [0.2, 0.25) is 0 Å². The van der Waals surface area contributed by atoms with E-state index >= 15 is 4.79 Å². The number of imide groups is 1. The van der Waals surface area contributed by atoms with Crippen molar-refractivity contribution in [2.24, 2.45) is 16.7 Å². The number of carbonyl (C=O) groups is 9. The third kappa shape index (κ3) is 12.7. The lowest BCUT2D eigenvalue weighted by atomic mass is 9.44. The van der Waals surface area contributed by atoms with E-state index < -0.39 is 173 Å². The number of ether oxygens (including phenoxy) is 6. The molecule has 9 atom stereocenters. The molecular formula is C71H64F2N2O21. The largest absolute Gasteiger partial charge is 0.516 e. The summed E-state index contributed by atoms with van der Waals surface area (Å²) in [6.45, 7) is 6.86. The topological polar surface area (TPSA) is 344 Å². The van der Waals surface area contributed by atoms with Crippen molar-refractivity contribution >= 4 is 70.6 Å². The summed E-state index contributed by atoms with van der Waals surface area (Å²) in [6.07, 6.45) is -8.82. The predicted molar refractivity (Wildman–Crippen MR) is 335 cm³/mol. The molecule has 2 saturated carbocycles. The minimum Gasteiger partial charge on any atom is -0.516 e. The van der Waals surface area contributed by atoms with Gasteiger partial charge in [-0.15, -0.1) is 0 Å². The fourth-order valence-electron chi connectivity index (χ4n) is 13.6.